The molecule has 2 atom stereocenters. The maximum Gasteiger partial charge on any atom is 0.274 e. The van der Waals surface area contributed by atoms with Crippen molar-refractivity contribution in [3.05, 3.63) is 72.8 Å². The summed E-state index contributed by atoms with van der Waals surface area (Å²) >= 11 is 0. The lowest BCUT2D eigenvalue weighted by Crippen LogP contribution is -2.40. The molecule has 35 heavy (non-hydrogen) atoms. The summed E-state index contributed by atoms with van der Waals surface area (Å²) < 4.78 is 14.7. The van der Waals surface area contributed by atoms with Crippen molar-refractivity contribution in [2.75, 3.05) is 10.6 Å². The van der Waals surface area contributed by atoms with E-state index in [1.807, 2.05) is 0 Å². The SMILES string of the molecule is C=CC(=O)NC1CCCC(C(=O)Nc2ccc(NC(=O)c3cccc(-c4ccn[nH]4)n3)cc2F)C1. The number of carbonyl (C=O) groups excluding carboxylic acids is 3. The summed E-state index contributed by atoms with van der Waals surface area (Å²) in [7, 11) is 0. The smallest absolute Gasteiger partial charge is 0.274 e. The van der Waals surface area contributed by atoms with Gasteiger partial charge in [-0.25, -0.2) is 9.37 Å². The van der Waals surface area contributed by atoms with Crippen LogP contribution in [0.2, 0.25) is 0 Å². The fraction of sp³-hybridized carbons (Fsp3) is 0.240. The molecule has 2 heterocycles. The summed E-state index contributed by atoms with van der Waals surface area (Å²) in [5.41, 5.74) is 1.62. The topological polar surface area (TPSA) is 129 Å². The Bertz CT molecular complexity index is 1240. The van der Waals surface area contributed by atoms with Crippen LogP contribution in [0.5, 0.6) is 0 Å². The van der Waals surface area contributed by atoms with Gasteiger partial charge in [0, 0.05) is 23.8 Å². The van der Waals surface area contributed by atoms with Crippen molar-refractivity contribution in [3.63, 3.8) is 0 Å². The van der Waals surface area contributed by atoms with Crippen molar-refractivity contribution in [1.82, 2.24) is 20.5 Å². The molecule has 3 aromatic rings. The van der Waals surface area contributed by atoms with Gasteiger partial charge in [0.1, 0.15) is 11.5 Å². The Kier molecular flexibility index (Phi) is 7.30. The molecule has 0 spiro atoms. The molecule has 3 amide bonds. The highest BCUT2D eigenvalue weighted by Crippen LogP contribution is 2.27. The van der Waals surface area contributed by atoms with Crippen molar-refractivity contribution >= 4 is 29.1 Å². The normalized spacial score (nSPS) is 17.3. The lowest BCUT2D eigenvalue weighted by Gasteiger charge is -2.28. The van der Waals surface area contributed by atoms with E-state index >= 15 is 0 Å². The van der Waals surface area contributed by atoms with E-state index in [0.717, 1.165) is 18.9 Å². The number of amides is 3. The highest BCUT2D eigenvalue weighted by atomic mass is 19.1. The average molecular weight is 477 g/mol. The van der Waals surface area contributed by atoms with E-state index in [-0.39, 0.29) is 40.8 Å². The van der Waals surface area contributed by atoms with Gasteiger partial charge in [-0.05, 0) is 61.7 Å². The zero-order valence-electron chi connectivity index (χ0n) is 18.9. The molecule has 2 unspecified atom stereocenters. The molecule has 1 aliphatic rings. The maximum absolute atomic E-state index is 14.7. The first-order chi connectivity index (χ1) is 16.9. The molecule has 0 saturated heterocycles. The van der Waals surface area contributed by atoms with Crippen molar-refractivity contribution in [1.29, 1.82) is 0 Å². The van der Waals surface area contributed by atoms with Crippen LogP contribution in [0.15, 0.2) is 61.3 Å². The van der Waals surface area contributed by atoms with Gasteiger partial charge < -0.3 is 16.0 Å². The third-order valence-corrected chi connectivity index (χ3v) is 5.82. The van der Waals surface area contributed by atoms with Crippen LogP contribution in [0.4, 0.5) is 15.8 Å². The first-order valence-corrected chi connectivity index (χ1v) is 11.2. The molecule has 1 saturated carbocycles. The van der Waals surface area contributed by atoms with Crippen molar-refractivity contribution in [2.45, 2.75) is 31.7 Å². The Morgan fingerprint density at radius 1 is 1.11 bits per heavy atom. The van der Waals surface area contributed by atoms with Crippen LogP contribution in [-0.4, -0.2) is 38.9 Å². The predicted molar refractivity (Wildman–Crippen MR) is 129 cm³/mol. The summed E-state index contributed by atoms with van der Waals surface area (Å²) in [5.74, 6) is -2.10. The van der Waals surface area contributed by atoms with Gasteiger partial charge in [-0.2, -0.15) is 5.10 Å². The molecule has 1 aromatic carbocycles. The Balaban J connectivity index is 1.37. The second kappa shape index (κ2) is 10.7. The molecule has 0 aliphatic heterocycles. The first-order valence-electron chi connectivity index (χ1n) is 11.2. The molecule has 1 aliphatic carbocycles. The standard InChI is InChI=1S/C25H25FN6O3/c1-2-23(33)28-16-6-3-5-15(13-16)24(34)31-19-10-9-17(14-18(19)26)29-25(35)22-8-4-7-20(30-22)21-11-12-27-32-21/h2,4,7-12,14-16H,1,3,5-6,13H2,(H,27,32)(H,28,33)(H,29,35)(H,31,34). The molecule has 9 nitrogen and oxygen atoms in total. The van der Waals surface area contributed by atoms with Crippen LogP contribution < -0.4 is 16.0 Å². The van der Waals surface area contributed by atoms with Crippen LogP contribution in [0.3, 0.4) is 0 Å². The summed E-state index contributed by atoms with van der Waals surface area (Å²) in [5, 5.41) is 14.7. The molecular weight excluding hydrogens is 451 g/mol. The Hall–Kier alpha value is -4.34. The van der Waals surface area contributed by atoms with Crippen molar-refractivity contribution in [3.8, 4) is 11.4 Å². The number of nitrogens with zero attached hydrogens (tertiary/aromatic N) is 2. The lowest BCUT2D eigenvalue weighted by atomic mass is 9.85. The van der Waals surface area contributed by atoms with Gasteiger partial charge in [0.15, 0.2) is 0 Å². The number of aromatic amines is 1. The number of pyridine rings is 1. The second-order valence-electron chi connectivity index (χ2n) is 8.29. The van der Waals surface area contributed by atoms with E-state index in [1.54, 1.807) is 30.5 Å². The van der Waals surface area contributed by atoms with Crippen molar-refractivity contribution < 1.29 is 18.8 Å². The van der Waals surface area contributed by atoms with E-state index in [9.17, 15) is 18.8 Å². The molecule has 4 rings (SSSR count). The van der Waals surface area contributed by atoms with Gasteiger partial charge in [0.05, 0.1) is 17.1 Å². The summed E-state index contributed by atoms with van der Waals surface area (Å²) in [6.45, 7) is 3.44. The van der Waals surface area contributed by atoms with Crippen LogP contribution in [0.25, 0.3) is 11.4 Å². The molecule has 4 N–H and O–H groups in total. The number of benzene rings is 1. The monoisotopic (exact) mass is 476 g/mol. The predicted octanol–water partition coefficient (Wildman–Crippen LogP) is 3.66. The van der Waals surface area contributed by atoms with Gasteiger partial charge in [0.2, 0.25) is 11.8 Å². The van der Waals surface area contributed by atoms with Crippen molar-refractivity contribution in [2.24, 2.45) is 5.92 Å². The number of nitrogens with one attached hydrogen (secondary N) is 4. The van der Waals surface area contributed by atoms with Gasteiger partial charge in [-0.3, -0.25) is 19.5 Å². The number of hydrogen-bond donors (Lipinski definition) is 4. The zero-order chi connectivity index (χ0) is 24.8. The number of hydrogen-bond acceptors (Lipinski definition) is 5. The molecule has 1 fully saturated rings. The molecule has 2 aromatic heterocycles. The van der Waals surface area contributed by atoms with E-state index in [2.05, 4.69) is 37.7 Å². The van der Waals surface area contributed by atoms with Crippen LogP contribution in [0, 0.1) is 11.7 Å². The fourth-order valence-corrected chi connectivity index (χ4v) is 4.05. The third kappa shape index (κ3) is 5.97. The first kappa shape index (κ1) is 23.8. The molecule has 0 radical (unpaired) electrons. The van der Waals surface area contributed by atoms with Gasteiger partial charge >= 0.3 is 0 Å². The average Bonchev–Trinajstić information content (AvgIpc) is 3.41. The Morgan fingerprint density at radius 2 is 1.97 bits per heavy atom. The van der Waals surface area contributed by atoms with E-state index in [0.29, 0.717) is 24.2 Å². The highest BCUT2D eigenvalue weighted by molar-refractivity contribution is 6.03. The minimum atomic E-state index is -0.678. The van der Waals surface area contributed by atoms with Crippen LogP contribution in [-0.2, 0) is 9.59 Å². The maximum atomic E-state index is 14.7. The van der Waals surface area contributed by atoms with E-state index < -0.39 is 11.7 Å². The number of H-pyrrole nitrogens is 1. The zero-order valence-corrected chi connectivity index (χ0v) is 18.9. The molecular formula is C25H25FN6O3. The minimum absolute atomic E-state index is 0.0182. The molecule has 0 bridgehead atoms. The van der Waals surface area contributed by atoms with Gasteiger partial charge in [-0.15, -0.1) is 0 Å². The third-order valence-electron chi connectivity index (χ3n) is 5.82. The fourth-order valence-electron chi connectivity index (χ4n) is 4.05. The summed E-state index contributed by atoms with van der Waals surface area (Å²) in [6, 6.07) is 10.6. The summed E-state index contributed by atoms with van der Waals surface area (Å²) in [4.78, 5) is 41.2. The van der Waals surface area contributed by atoms with Gasteiger partial charge in [-0.1, -0.05) is 19.1 Å². The number of carbonyl (C=O) groups is 3. The second-order valence-corrected chi connectivity index (χ2v) is 8.29. The largest absolute Gasteiger partial charge is 0.350 e. The van der Waals surface area contributed by atoms with E-state index in [1.165, 1.54) is 18.2 Å². The van der Waals surface area contributed by atoms with Crippen LogP contribution >= 0.6 is 0 Å². The number of anilines is 2. The number of halogens is 1. The van der Waals surface area contributed by atoms with E-state index in [4.69, 9.17) is 0 Å². The lowest BCUT2D eigenvalue weighted by molar-refractivity contribution is -0.122. The highest BCUT2D eigenvalue weighted by Gasteiger charge is 2.28. The van der Waals surface area contributed by atoms with Gasteiger partial charge in [0.25, 0.3) is 5.91 Å². The van der Waals surface area contributed by atoms with Crippen LogP contribution in [0.1, 0.15) is 36.2 Å². The quantitative estimate of drug-likeness (QED) is 0.387. The molecule has 180 valence electrons. The minimum Gasteiger partial charge on any atom is -0.350 e. The number of rotatable bonds is 7. The molecule has 10 heteroatoms. The number of aromatic nitrogens is 3. The Labute approximate surface area is 201 Å². The summed E-state index contributed by atoms with van der Waals surface area (Å²) in [6.07, 6.45) is 5.49. The Morgan fingerprint density at radius 3 is 2.71 bits per heavy atom.